The van der Waals surface area contributed by atoms with Crippen molar-refractivity contribution >= 4 is 24.8 Å². The first-order valence-corrected chi connectivity index (χ1v) is 3.91. The van der Waals surface area contributed by atoms with E-state index in [0.29, 0.717) is 6.04 Å². The molecule has 1 unspecified atom stereocenters. The van der Waals surface area contributed by atoms with Crippen LogP contribution in [-0.4, -0.2) is 16.5 Å². The number of rotatable bonds is 0. The molecular formula is C8H13Cl2N3. The summed E-state index contributed by atoms with van der Waals surface area (Å²) in [7, 11) is 0. The second-order valence-corrected chi connectivity index (χ2v) is 2.81. The molecule has 0 saturated carbocycles. The number of nitrogens with zero attached hydrogens (tertiary/aromatic N) is 2. The van der Waals surface area contributed by atoms with E-state index in [-0.39, 0.29) is 24.8 Å². The monoisotopic (exact) mass is 221 g/mol. The lowest BCUT2D eigenvalue weighted by atomic mass is 10.1. The van der Waals surface area contributed by atoms with E-state index in [2.05, 4.69) is 22.2 Å². The number of halogens is 2. The number of hydrogen-bond donors (Lipinski definition) is 1. The highest BCUT2D eigenvalue weighted by Crippen LogP contribution is 2.16. The average molecular weight is 222 g/mol. The van der Waals surface area contributed by atoms with Crippen LogP contribution in [-0.2, 0) is 6.42 Å². The van der Waals surface area contributed by atoms with E-state index in [9.17, 15) is 0 Å². The van der Waals surface area contributed by atoms with Gasteiger partial charge in [0.1, 0.15) is 0 Å². The quantitative estimate of drug-likeness (QED) is 0.723. The molecule has 74 valence electrons. The van der Waals surface area contributed by atoms with Gasteiger partial charge in [0, 0.05) is 31.4 Å². The Morgan fingerprint density at radius 2 is 2.00 bits per heavy atom. The largest absolute Gasteiger partial charge is 0.308 e. The molecule has 0 aromatic carbocycles. The molecule has 1 atom stereocenters. The fraction of sp³-hybridized carbons (Fsp3) is 0.500. The molecule has 0 aliphatic carbocycles. The van der Waals surface area contributed by atoms with E-state index in [1.165, 1.54) is 0 Å². The maximum atomic E-state index is 4.28. The number of aromatic nitrogens is 2. The van der Waals surface area contributed by atoms with Crippen LogP contribution in [0, 0.1) is 0 Å². The van der Waals surface area contributed by atoms with E-state index < -0.39 is 0 Å². The minimum Gasteiger partial charge on any atom is -0.308 e. The summed E-state index contributed by atoms with van der Waals surface area (Å²) in [4.78, 5) is 8.54. The molecule has 13 heavy (non-hydrogen) atoms. The molecule has 1 aromatic rings. The summed E-state index contributed by atoms with van der Waals surface area (Å²) in [6, 6.07) is 0.368. The first-order chi connectivity index (χ1) is 5.38. The Hall–Kier alpha value is -0.380. The van der Waals surface area contributed by atoms with Crippen LogP contribution in [0.1, 0.15) is 24.4 Å². The van der Waals surface area contributed by atoms with Crippen LogP contribution in [0.15, 0.2) is 12.4 Å². The van der Waals surface area contributed by atoms with Crippen molar-refractivity contribution in [1.82, 2.24) is 15.3 Å². The van der Waals surface area contributed by atoms with Crippen LogP contribution in [0.3, 0.4) is 0 Å². The lowest BCUT2D eigenvalue weighted by Gasteiger charge is -2.20. The van der Waals surface area contributed by atoms with Crippen molar-refractivity contribution in [3.8, 4) is 0 Å². The van der Waals surface area contributed by atoms with Gasteiger partial charge >= 0.3 is 0 Å². The lowest BCUT2D eigenvalue weighted by molar-refractivity contribution is 0.517. The molecule has 1 aromatic heterocycles. The van der Waals surface area contributed by atoms with Gasteiger partial charge in [-0.25, -0.2) is 0 Å². The van der Waals surface area contributed by atoms with Crippen molar-refractivity contribution in [2.75, 3.05) is 6.54 Å². The first-order valence-electron chi connectivity index (χ1n) is 3.91. The Morgan fingerprint density at radius 1 is 1.31 bits per heavy atom. The Bertz CT molecular complexity index is 267. The molecule has 0 saturated heterocycles. The molecule has 0 spiro atoms. The highest BCUT2D eigenvalue weighted by atomic mass is 35.5. The Balaban J connectivity index is 0.000000720. The van der Waals surface area contributed by atoms with E-state index in [1.54, 1.807) is 12.4 Å². The van der Waals surface area contributed by atoms with Crippen LogP contribution in [0.25, 0.3) is 0 Å². The molecule has 5 heteroatoms. The molecule has 2 heterocycles. The molecule has 3 nitrogen and oxygen atoms in total. The van der Waals surface area contributed by atoms with Gasteiger partial charge in [-0.2, -0.15) is 0 Å². The van der Waals surface area contributed by atoms with Crippen molar-refractivity contribution in [3.63, 3.8) is 0 Å². The maximum absolute atomic E-state index is 4.28. The van der Waals surface area contributed by atoms with Gasteiger partial charge in [-0.1, -0.05) is 0 Å². The standard InChI is InChI=1S/C8H11N3.2ClH/c1-6-8-7(2-3-9-6)10-4-5-11-8;;/h4-6,9H,2-3H2,1H3;2*1H. The topological polar surface area (TPSA) is 37.8 Å². The Morgan fingerprint density at radius 3 is 2.69 bits per heavy atom. The smallest absolute Gasteiger partial charge is 0.0785 e. The molecule has 1 aliphatic heterocycles. The van der Waals surface area contributed by atoms with Gasteiger partial charge in [0.15, 0.2) is 0 Å². The summed E-state index contributed by atoms with van der Waals surface area (Å²) in [6.07, 6.45) is 4.52. The molecule has 0 radical (unpaired) electrons. The van der Waals surface area contributed by atoms with E-state index >= 15 is 0 Å². The highest BCUT2D eigenvalue weighted by Gasteiger charge is 2.16. The normalized spacial score (nSPS) is 19.3. The fourth-order valence-electron chi connectivity index (χ4n) is 1.44. The van der Waals surface area contributed by atoms with Crippen molar-refractivity contribution in [1.29, 1.82) is 0 Å². The third kappa shape index (κ3) is 2.53. The van der Waals surface area contributed by atoms with Crippen LogP contribution in [0.4, 0.5) is 0 Å². The fourth-order valence-corrected chi connectivity index (χ4v) is 1.44. The lowest BCUT2D eigenvalue weighted by Crippen LogP contribution is -2.29. The van der Waals surface area contributed by atoms with Crippen LogP contribution in [0.5, 0.6) is 0 Å². The summed E-state index contributed by atoms with van der Waals surface area (Å²) in [6.45, 7) is 3.14. The molecule has 0 bridgehead atoms. The van der Waals surface area contributed by atoms with Gasteiger partial charge < -0.3 is 5.32 Å². The Kier molecular flexibility index (Phi) is 5.21. The van der Waals surface area contributed by atoms with Crippen molar-refractivity contribution < 1.29 is 0 Å². The van der Waals surface area contributed by atoms with Crippen LogP contribution >= 0.6 is 24.8 Å². The maximum Gasteiger partial charge on any atom is 0.0785 e. The Labute approximate surface area is 90.2 Å². The molecule has 0 amide bonds. The van der Waals surface area contributed by atoms with E-state index in [0.717, 1.165) is 24.4 Å². The van der Waals surface area contributed by atoms with Crippen molar-refractivity contribution in [2.45, 2.75) is 19.4 Å². The molecule has 2 rings (SSSR count). The molecule has 1 aliphatic rings. The molecular weight excluding hydrogens is 209 g/mol. The number of fused-ring (bicyclic) bond motifs is 1. The predicted molar refractivity (Wildman–Crippen MR) is 56.6 cm³/mol. The van der Waals surface area contributed by atoms with Gasteiger partial charge in [0.25, 0.3) is 0 Å². The second-order valence-electron chi connectivity index (χ2n) is 2.81. The van der Waals surface area contributed by atoms with Gasteiger partial charge in [-0.3, -0.25) is 9.97 Å². The summed E-state index contributed by atoms with van der Waals surface area (Å²) < 4.78 is 0. The zero-order valence-corrected chi connectivity index (χ0v) is 8.99. The van der Waals surface area contributed by atoms with Crippen LogP contribution in [0.2, 0.25) is 0 Å². The molecule has 1 N–H and O–H groups in total. The average Bonchev–Trinajstić information content (AvgIpc) is 2.06. The zero-order chi connectivity index (χ0) is 7.68. The third-order valence-electron chi connectivity index (χ3n) is 2.03. The summed E-state index contributed by atoms with van der Waals surface area (Å²) in [5.74, 6) is 0. The van der Waals surface area contributed by atoms with Gasteiger partial charge in [-0.15, -0.1) is 24.8 Å². The predicted octanol–water partition coefficient (Wildman–Crippen LogP) is 1.53. The van der Waals surface area contributed by atoms with Crippen molar-refractivity contribution in [2.24, 2.45) is 0 Å². The summed E-state index contributed by atoms with van der Waals surface area (Å²) in [5.41, 5.74) is 2.26. The zero-order valence-electron chi connectivity index (χ0n) is 7.36. The number of hydrogen-bond acceptors (Lipinski definition) is 3. The van der Waals surface area contributed by atoms with Gasteiger partial charge in [-0.05, 0) is 6.92 Å². The minimum atomic E-state index is 0. The first kappa shape index (κ1) is 12.6. The van der Waals surface area contributed by atoms with Crippen molar-refractivity contribution in [3.05, 3.63) is 23.8 Å². The van der Waals surface area contributed by atoms with Gasteiger partial charge in [0.05, 0.1) is 11.4 Å². The number of nitrogens with one attached hydrogen (secondary N) is 1. The summed E-state index contributed by atoms with van der Waals surface area (Å²) in [5, 5.41) is 3.34. The van der Waals surface area contributed by atoms with Crippen LogP contribution < -0.4 is 5.32 Å². The second kappa shape index (κ2) is 5.37. The third-order valence-corrected chi connectivity index (χ3v) is 2.03. The van der Waals surface area contributed by atoms with Gasteiger partial charge in [0.2, 0.25) is 0 Å². The highest BCUT2D eigenvalue weighted by molar-refractivity contribution is 5.85. The van der Waals surface area contributed by atoms with E-state index in [1.807, 2.05) is 0 Å². The minimum absolute atomic E-state index is 0. The molecule has 0 fully saturated rings. The van der Waals surface area contributed by atoms with E-state index in [4.69, 9.17) is 0 Å². The SMILES string of the molecule is CC1NCCc2nccnc21.Cl.Cl. The summed E-state index contributed by atoms with van der Waals surface area (Å²) >= 11 is 0.